The summed E-state index contributed by atoms with van der Waals surface area (Å²) in [4.78, 5) is 28.3. The molecule has 2 N–H and O–H groups in total. The van der Waals surface area contributed by atoms with Crippen LogP contribution in [0.4, 0.5) is 0 Å². The van der Waals surface area contributed by atoms with E-state index in [9.17, 15) is 9.59 Å². The quantitative estimate of drug-likeness (QED) is 0.344. The molecule has 2 amide bonds. The lowest BCUT2D eigenvalue weighted by atomic mass is 10.2. The maximum atomic E-state index is 12.6. The van der Waals surface area contributed by atoms with Crippen LogP contribution in [0.2, 0.25) is 0 Å². The van der Waals surface area contributed by atoms with Gasteiger partial charge in [0.1, 0.15) is 24.0 Å². The monoisotopic (exact) mass is 484 g/mol. The van der Waals surface area contributed by atoms with E-state index in [-0.39, 0.29) is 18.4 Å². The minimum Gasteiger partial charge on any atom is -0.370 e. The van der Waals surface area contributed by atoms with Gasteiger partial charge in [0.25, 0.3) is 5.91 Å². The molecule has 9 heteroatoms. The van der Waals surface area contributed by atoms with E-state index >= 15 is 0 Å². The van der Waals surface area contributed by atoms with Crippen LogP contribution >= 0.6 is 39.9 Å². The largest absolute Gasteiger partial charge is 0.370 e. The van der Waals surface area contributed by atoms with E-state index in [1.807, 2.05) is 24.3 Å². The van der Waals surface area contributed by atoms with Gasteiger partial charge in [-0.3, -0.25) is 14.5 Å². The van der Waals surface area contributed by atoms with Crippen LogP contribution in [-0.2, 0) is 14.3 Å². The molecule has 0 aliphatic carbocycles. The molecule has 0 unspecified atom stereocenters. The van der Waals surface area contributed by atoms with E-state index < -0.39 is 0 Å². The van der Waals surface area contributed by atoms with Crippen molar-refractivity contribution in [1.82, 2.24) is 10.2 Å². The van der Waals surface area contributed by atoms with Gasteiger partial charge in [-0.25, -0.2) is 0 Å². The van der Waals surface area contributed by atoms with Crippen molar-refractivity contribution >= 4 is 62.1 Å². The van der Waals surface area contributed by atoms with E-state index in [1.165, 1.54) is 21.6 Å². The maximum Gasteiger partial charge on any atom is 0.266 e. The summed E-state index contributed by atoms with van der Waals surface area (Å²) in [7, 11) is 0. The Morgan fingerprint density at radius 1 is 1.39 bits per heavy atom. The minimum atomic E-state index is -0.220. The van der Waals surface area contributed by atoms with Gasteiger partial charge in [-0.1, -0.05) is 52.0 Å². The number of hydrogen-bond acceptors (Lipinski definition) is 5. The second kappa shape index (κ2) is 10.5. The molecular formula is C19H23BrN3O3S2+. The molecule has 1 aromatic rings. The van der Waals surface area contributed by atoms with Crippen molar-refractivity contribution in [2.45, 2.75) is 6.42 Å². The minimum absolute atomic E-state index is 0.0368. The predicted molar refractivity (Wildman–Crippen MR) is 118 cm³/mol. The summed E-state index contributed by atoms with van der Waals surface area (Å²) >= 11 is 9.95. The number of hydrogen-bond donors (Lipinski definition) is 2. The summed E-state index contributed by atoms with van der Waals surface area (Å²) in [5.74, 6) is -0.403. The number of benzene rings is 1. The highest BCUT2D eigenvalue weighted by Gasteiger charge is 2.33. The number of nitrogens with one attached hydrogen (secondary N) is 2. The van der Waals surface area contributed by atoms with Crippen molar-refractivity contribution in [3.8, 4) is 0 Å². The molecule has 6 nitrogen and oxygen atoms in total. The Kier molecular flexibility index (Phi) is 8.04. The fourth-order valence-corrected chi connectivity index (χ4v) is 4.73. The van der Waals surface area contributed by atoms with E-state index in [4.69, 9.17) is 17.0 Å². The lowest BCUT2D eigenvalue weighted by Crippen LogP contribution is -3.14. The third kappa shape index (κ3) is 6.12. The van der Waals surface area contributed by atoms with Crippen LogP contribution in [0.25, 0.3) is 6.08 Å². The third-order valence-corrected chi connectivity index (χ3v) is 6.42. The number of carbonyl (C=O) groups is 2. The standard InChI is InChI=1S/C19H22BrN3O3S2/c20-15-4-1-3-14(11-15)12-16-18(25)23(19(27)28-16)13-17(24)21-5-2-6-22-7-9-26-10-8-22/h1,3-4,11-12H,2,5-10,13H2,(H,21,24)/p+1/b16-12-. The molecule has 2 aliphatic heterocycles. The van der Waals surface area contributed by atoms with E-state index in [1.54, 1.807) is 6.08 Å². The highest BCUT2D eigenvalue weighted by atomic mass is 79.9. The molecule has 0 saturated carbocycles. The van der Waals surface area contributed by atoms with Crippen molar-refractivity contribution in [1.29, 1.82) is 0 Å². The molecule has 2 saturated heterocycles. The number of thioether (sulfide) groups is 1. The smallest absolute Gasteiger partial charge is 0.266 e. The molecule has 0 radical (unpaired) electrons. The van der Waals surface area contributed by atoms with Crippen molar-refractivity contribution < 1.29 is 19.2 Å². The van der Waals surface area contributed by atoms with Gasteiger partial charge in [-0.15, -0.1) is 0 Å². The molecule has 2 fully saturated rings. The highest BCUT2D eigenvalue weighted by molar-refractivity contribution is 9.10. The molecule has 2 aliphatic rings. The first kappa shape index (κ1) is 21.4. The number of rotatable bonds is 7. The average Bonchev–Trinajstić information content (AvgIpc) is 2.93. The van der Waals surface area contributed by atoms with Crippen LogP contribution in [0.15, 0.2) is 33.6 Å². The maximum absolute atomic E-state index is 12.6. The predicted octanol–water partition coefficient (Wildman–Crippen LogP) is 1.07. The van der Waals surface area contributed by atoms with Gasteiger partial charge in [-0.05, 0) is 23.8 Å². The van der Waals surface area contributed by atoms with E-state index in [0.717, 1.165) is 49.3 Å². The molecule has 0 atom stereocenters. The summed E-state index contributed by atoms with van der Waals surface area (Å²) in [5, 5.41) is 2.89. The first-order valence-corrected chi connectivity index (χ1v) is 11.2. The molecule has 150 valence electrons. The first-order valence-electron chi connectivity index (χ1n) is 9.22. The number of thiocarbonyl (C=S) groups is 1. The lowest BCUT2D eigenvalue weighted by molar-refractivity contribution is -0.908. The van der Waals surface area contributed by atoms with Gasteiger partial charge in [0, 0.05) is 17.4 Å². The number of nitrogens with zero attached hydrogens (tertiary/aromatic N) is 1. The lowest BCUT2D eigenvalue weighted by Gasteiger charge is -2.23. The fourth-order valence-electron chi connectivity index (χ4n) is 3.06. The number of morpholine rings is 1. The molecule has 2 heterocycles. The molecule has 3 rings (SSSR count). The van der Waals surface area contributed by atoms with Gasteiger partial charge in [0.2, 0.25) is 5.91 Å². The zero-order chi connectivity index (χ0) is 19.9. The number of ether oxygens (including phenoxy) is 1. The van der Waals surface area contributed by atoms with Crippen molar-refractivity contribution in [2.24, 2.45) is 0 Å². The highest BCUT2D eigenvalue weighted by Crippen LogP contribution is 2.32. The van der Waals surface area contributed by atoms with Crippen LogP contribution < -0.4 is 10.2 Å². The summed E-state index contributed by atoms with van der Waals surface area (Å²) in [6, 6.07) is 7.67. The van der Waals surface area contributed by atoms with Crippen LogP contribution in [0, 0.1) is 0 Å². The number of amides is 2. The van der Waals surface area contributed by atoms with Crippen LogP contribution in [0.5, 0.6) is 0 Å². The normalized spacial score (nSPS) is 19.5. The average molecular weight is 485 g/mol. The summed E-state index contributed by atoms with van der Waals surface area (Å²) in [6.07, 6.45) is 2.70. The number of carbonyl (C=O) groups excluding carboxylic acids is 2. The number of quaternary nitrogens is 1. The van der Waals surface area contributed by atoms with Gasteiger partial charge < -0.3 is 15.0 Å². The zero-order valence-corrected chi connectivity index (χ0v) is 18.6. The molecule has 0 aromatic heterocycles. The number of halogens is 1. The van der Waals surface area contributed by atoms with Crippen molar-refractivity contribution in [2.75, 3.05) is 45.9 Å². The van der Waals surface area contributed by atoms with Gasteiger partial charge in [-0.2, -0.15) is 0 Å². The zero-order valence-electron chi connectivity index (χ0n) is 15.4. The Balaban J connectivity index is 1.46. The Morgan fingerprint density at radius 2 is 2.18 bits per heavy atom. The molecule has 0 bridgehead atoms. The SMILES string of the molecule is O=C(CN1C(=O)/C(=C/c2cccc(Br)c2)SC1=S)NCCC[NH+]1CCOCC1. The Hall–Kier alpha value is -1.26. The van der Waals surface area contributed by atoms with Gasteiger partial charge in [0.05, 0.1) is 24.7 Å². The second-order valence-electron chi connectivity index (χ2n) is 6.64. The van der Waals surface area contributed by atoms with E-state index in [0.29, 0.717) is 15.8 Å². The molecule has 28 heavy (non-hydrogen) atoms. The van der Waals surface area contributed by atoms with Gasteiger partial charge in [0.15, 0.2) is 0 Å². The molecule has 1 aromatic carbocycles. The van der Waals surface area contributed by atoms with Crippen molar-refractivity contribution in [3.05, 3.63) is 39.2 Å². The summed E-state index contributed by atoms with van der Waals surface area (Å²) in [5.41, 5.74) is 0.907. The Bertz CT molecular complexity index is 781. The second-order valence-corrected chi connectivity index (χ2v) is 9.23. The van der Waals surface area contributed by atoms with Gasteiger partial charge >= 0.3 is 0 Å². The Morgan fingerprint density at radius 3 is 2.93 bits per heavy atom. The summed E-state index contributed by atoms with van der Waals surface area (Å²) in [6.45, 7) is 5.24. The molecule has 0 spiro atoms. The fraction of sp³-hybridized carbons (Fsp3) is 0.421. The third-order valence-electron chi connectivity index (χ3n) is 4.55. The van der Waals surface area contributed by atoms with Crippen LogP contribution in [-0.4, -0.2) is 67.0 Å². The first-order chi connectivity index (χ1) is 13.5. The van der Waals surface area contributed by atoms with E-state index in [2.05, 4.69) is 21.2 Å². The molecular weight excluding hydrogens is 462 g/mol. The Labute approximate surface area is 182 Å². The topological polar surface area (TPSA) is 63.1 Å². The van der Waals surface area contributed by atoms with Crippen LogP contribution in [0.3, 0.4) is 0 Å². The van der Waals surface area contributed by atoms with Crippen molar-refractivity contribution in [3.63, 3.8) is 0 Å². The van der Waals surface area contributed by atoms with Crippen LogP contribution in [0.1, 0.15) is 12.0 Å². The summed E-state index contributed by atoms with van der Waals surface area (Å²) < 4.78 is 6.70.